The van der Waals surface area contributed by atoms with Crippen molar-refractivity contribution in [3.63, 3.8) is 0 Å². The molecule has 2 N–H and O–H groups in total. The lowest BCUT2D eigenvalue weighted by atomic mass is 10.1. The number of hydrogen-bond donors (Lipinski definition) is 1. The van der Waals surface area contributed by atoms with Gasteiger partial charge in [0.25, 0.3) is 11.5 Å². The topological polar surface area (TPSA) is 130 Å². The summed E-state index contributed by atoms with van der Waals surface area (Å²) in [7, 11) is 0. The lowest BCUT2D eigenvalue weighted by Crippen LogP contribution is -2.31. The van der Waals surface area contributed by atoms with Crippen LogP contribution in [0, 0.1) is 0 Å². The number of ether oxygens (including phenoxy) is 1. The van der Waals surface area contributed by atoms with Gasteiger partial charge >= 0.3 is 5.97 Å². The molecule has 2 aromatic heterocycles. The van der Waals surface area contributed by atoms with Crippen LogP contribution in [0.1, 0.15) is 16.4 Å². The van der Waals surface area contributed by atoms with Crippen LogP contribution in [-0.2, 0) is 22.7 Å². The number of para-hydroxylation sites is 2. The van der Waals surface area contributed by atoms with Gasteiger partial charge in [0.2, 0.25) is 5.89 Å². The molecule has 0 unspecified atom stereocenters. The van der Waals surface area contributed by atoms with Gasteiger partial charge < -0.3 is 14.9 Å². The highest BCUT2D eigenvalue weighted by Gasteiger charge is 2.17. The second kappa shape index (κ2) is 6.95. The predicted molar refractivity (Wildman–Crippen MR) is 98.3 cm³/mol. The molecule has 0 aliphatic rings. The highest BCUT2D eigenvalue weighted by molar-refractivity contribution is 6.04. The minimum absolute atomic E-state index is 0.0954. The number of fused-ring (bicyclic) bond motifs is 2. The van der Waals surface area contributed by atoms with Crippen LogP contribution in [0.5, 0.6) is 0 Å². The van der Waals surface area contributed by atoms with Crippen LogP contribution in [0.4, 0.5) is 0 Å². The number of nitrogens with zero attached hydrogens (tertiary/aromatic N) is 3. The van der Waals surface area contributed by atoms with Gasteiger partial charge in [-0.15, -0.1) is 0 Å². The zero-order chi connectivity index (χ0) is 19.7. The lowest BCUT2D eigenvalue weighted by Gasteiger charge is -2.08. The van der Waals surface area contributed by atoms with E-state index < -0.39 is 24.0 Å². The second-order valence-corrected chi connectivity index (χ2v) is 5.96. The van der Waals surface area contributed by atoms with Gasteiger partial charge in [0, 0.05) is 5.39 Å². The van der Waals surface area contributed by atoms with Gasteiger partial charge in [0.05, 0.1) is 5.39 Å². The van der Waals surface area contributed by atoms with Gasteiger partial charge in [-0.25, -0.2) is 9.67 Å². The number of esters is 1. The van der Waals surface area contributed by atoms with Crippen LogP contribution in [0.3, 0.4) is 0 Å². The van der Waals surface area contributed by atoms with Gasteiger partial charge in [-0.3, -0.25) is 14.4 Å². The molecule has 4 rings (SSSR count). The Bertz CT molecular complexity index is 1240. The highest BCUT2D eigenvalue weighted by Crippen LogP contribution is 2.15. The van der Waals surface area contributed by atoms with Crippen molar-refractivity contribution in [2.75, 3.05) is 0 Å². The van der Waals surface area contributed by atoms with Crippen LogP contribution >= 0.6 is 0 Å². The van der Waals surface area contributed by atoms with E-state index in [2.05, 4.69) is 10.1 Å². The number of carbonyl (C=O) groups is 2. The fraction of sp³-hybridized carbons (Fsp3) is 0.105. The molecule has 0 atom stereocenters. The van der Waals surface area contributed by atoms with Crippen LogP contribution < -0.4 is 11.3 Å². The van der Waals surface area contributed by atoms with E-state index in [0.29, 0.717) is 16.5 Å². The van der Waals surface area contributed by atoms with E-state index in [0.717, 1.165) is 4.68 Å². The normalized spacial score (nSPS) is 11.0. The standard InChI is InChI=1S/C19H14N4O5/c20-18(25)17-11-5-1-2-6-12(11)19(26)23(22-17)9-16(24)27-10-15-21-13-7-3-4-8-14(13)28-15/h1-8H,9-10H2,(H2,20,25). The van der Waals surface area contributed by atoms with E-state index in [1.807, 2.05) is 6.07 Å². The number of carbonyl (C=O) groups excluding carboxylic acids is 2. The summed E-state index contributed by atoms with van der Waals surface area (Å²) in [6.45, 7) is -0.678. The Morgan fingerprint density at radius 3 is 2.54 bits per heavy atom. The van der Waals surface area contributed by atoms with E-state index in [4.69, 9.17) is 14.9 Å². The molecule has 28 heavy (non-hydrogen) atoms. The number of hydrogen-bond acceptors (Lipinski definition) is 7. The molecule has 0 aliphatic carbocycles. The molecule has 0 saturated heterocycles. The largest absolute Gasteiger partial charge is 0.454 e. The monoisotopic (exact) mass is 378 g/mol. The summed E-state index contributed by atoms with van der Waals surface area (Å²) in [6, 6.07) is 13.5. The molecule has 2 aromatic carbocycles. The summed E-state index contributed by atoms with van der Waals surface area (Å²) in [5.41, 5.74) is 5.95. The molecular formula is C19H14N4O5. The van der Waals surface area contributed by atoms with Crippen molar-refractivity contribution in [2.24, 2.45) is 5.73 Å². The zero-order valence-electron chi connectivity index (χ0n) is 14.5. The highest BCUT2D eigenvalue weighted by atomic mass is 16.5. The molecule has 9 nitrogen and oxygen atoms in total. The van der Waals surface area contributed by atoms with E-state index in [1.54, 1.807) is 36.4 Å². The summed E-state index contributed by atoms with van der Waals surface area (Å²) in [4.78, 5) is 40.6. The number of amides is 1. The molecule has 0 bridgehead atoms. The Balaban J connectivity index is 1.55. The van der Waals surface area contributed by atoms with Crippen molar-refractivity contribution in [3.8, 4) is 0 Å². The summed E-state index contributed by atoms with van der Waals surface area (Å²) in [6.07, 6.45) is 0. The second-order valence-electron chi connectivity index (χ2n) is 5.96. The van der Waals surface area contributed by atoms with E-state index in [1.165, 1.54) is 6.07 Å². The summed E-state index contributed by atoms with van der Waals surface area (Å²) >= 11 is 0. The molecule has 0 fully saturated rings. The maximum absolute atomic E-state index is 12.5. The first-order valence-electron chi connectivity index (χ1n) is 8.32. The SMILES string of the molecule is NC(=O)c1nn(CC(=O)OCc2nc3ccccc3o2)c(=O)c2ccccc12. The molecule has 0 radical (unpaired) electrons. The first-order valence-corrected chi connectivity index (χ1v) is 8.32. The van der Waals surface area contributed by atoms with Gasteiger partial charge in [-0.2, -0.15) is 5.10 Å². The van der Waals surface area contributed by atoms with Crippen molar-refractivity contribution in [1.29, 1.82) is 0 Å². The van der Waals surface area contributed by atoms with Crippen LogP contribution in [-0.4, -0.2) is 26.6 Å². The molecule has 0 spiro atoms. The minimum atomic E-state index is -0.801. The fourth-order valence-corrected chi connectivity index (χ4v) is 2.82. The quantitative estimate of drug-likeness (QED) is 0.519. The predicted octanol–water partition coefficient (Wildman–Crippen LogP) is 1.38. The first-order chi connectivity index (χ1) is 13.5. The third kappa shape index (κ3) is 3.20. The smallest absolute Gasteiger partial charge is 0.328 e. The van der Waals surface area contributed by atoms with Crippen LogP contribution in [0.25, 0.3) is 21.9 Å². The molecule has 2 heterocycles. The third-order valence-corrected chi connectivity index (χ3v) is 4.07. The van der Waals surface area contributed by atoms with Crippen LogP contribution in [0.15, 0.2) is 57.7 Å². The number of aromatic nitrogens is 3. The van der Waals surface area contributed by atoms with E-state index >= 15 is 0 Å². The Labute approximate surface area is 157 Å². The first kappa shape index (κ1) is 17.4. The Morgan fingerprint density at radius 1 is 1.07 bits per heavy atom. The maximum atomic E-state index is 12.5. The summed E-state index contributed by atoms with van der Waals surface area (Å²) in [5.74, 6) is -1.31. The van der Waals surface area contributed by atoms with E-state index in [-0.39, 0.29) is 23.6 Å². The lowest BCUT2D eigenvalue weighted by molar-refractivity contribution is -0.146. The number of oxazole rings is 1. The van der Waals surface area contributed by atoms with Gasteiger partial charge in [0.1, 0.15) is 12.1 Å². The Kier molecular flexibility index (Phi) is 4.32. The summed E-state index contributed by atoms with van der Waals surface area (Å²) < 4.78 is 11.4. The average Bonchev–Trinajstić information content (AvgIpc) is 3.11. The zero-order valence-corrected chi connectivity index (χ0v) is 14.5. The third-order valence-electron chi connectivity index (χ3n) is 4.07. The van der Waals surface area contributed by atoms with Crippen molar-refractivity contribution >= 4 is 33.7 Å². The van der Waals surface area contributed by atoms with Crippen molar-refractivity contribution in [1.82, 2.24) is 14.8 Å². The minimum Gasteiger partial charge on any atom is -0.454 e. The number of benzene rings is 2. The van der Waals surface area contributed by atoms with Gasteiger partial charge in [0.15, 0.2) is 17.9 Å². The van der Waals surface area contributed by atoms with Gasteiger partial charge in [-0.1, -0.05) is 30.3 Å². The average molecular weight is 378 g/mol. The van der Waals surface area contributed by atoms with Crippen molar-refractivity contribution < 1.29 is 18.7 Å². The van der Waals surface area contributed by atoms with Crippen LogP contribution in [0.2, 0.25) is 0 Å². The van der Waals surface area contributed by atoms with Crippen molar-refractivity contribution in [2.45, 2.75) is 13.2 Å². The molecule has 0 saturated carbocycles. The molecule has 140 valence electrons. The molecule has 0 aliphatic heterocycles. The number of nitrogens with two attached hydrogens (primary N) is 1. The Morgan fingerprint density at radius 2 is 1.79 bits per heavy atom. The molecule has 9 heteroatoms. The number of rotatable bonds is 5. The summed E-state index contributed by atoms with van der Waals surface area (Å²) in [5, 5.41) is 4.48. The Hall–Kier alpha value is -4.01. The maximum Gasteiger partial charge on any atom is 0.328 e. The number of primary amides is 1. The van der Waals surface area contributed by atoms with E-state index in [9.17, 15) is 14.4 Å². The van der Waals surface area contributed by atoms with Crippen molar-refractivity contribution in [3.05, 3.63) is 70.5 Å². The molecule has 1 amide bonds. The molecular weight excluding hydrogens is 364 g/mol. The van der Waals surface area contributed by atoms with Gasteiger partial charge in [-0.05, 0) is 18.2 Å². The fourth-order valence-electron chi connectivity index (χ4n) is 2.82. The molecule has 4 aromatic rings.